The maximum absolute atomic E-state index is 12.8. The normalized spacial score (nSPS) is 12.6. The molecule has 0 saturated heterocycles. The van der Waals surface area contributed by atoms with E-state index in [2.05, 4.69) is 93.7 Å². The van der Waals surface area contributed by atoms with E-state index in [-0.39, 0.29) is 31.1 Å². The van der Waals surface area contributed by atoms with E-state index in [0.717, 1.165) is 116 Å². The largest absolute Gasteiger partial charge is 0.462 e. The highest BCUT2D eigenvalue weighted by atomic mass is 16.6. The molecule has 0 saturated carbocycles. The highest BCUT2D eigenvalue weighted by Gasteiger charge is 2.19. The Kier molecular flexibility index (Phi) is 49.9. The summed E-state index contributed by atoms with van der Waals surface area (Å²) in [5.74, 6) is -0.916. The molecule has 0 radical (unpaired) electrons. The fourth-order valence-corrected chi connectivity index (χ4v) is 7.45. The van der Waals surface area contributed by atoms with Gasteiger partial charge in [-0.1, -0.05) is 241 Å². The monoisotopic (exact) mass is 893 g/mol. The molecule has 0 N–H and O–H groups in total. The molecule has 0 aliphatic rings. The summed E-state index contributed by atoms with van der Waals surface area (Å²) in [4.78, 5) is 37.7. The highest BCUT2D eigenvalue weighted by molar-refractivity contribution is 5.71. The number of hydrogen-bond donors (Lipinski definition) is 0. The lowest BCUT2D eigenvalue weighted by molar-refractivity contribution is -0.167. The third-order valence-corrected chi connectivity index (χ3v) is 11.5. The van der Waals surface area contributed by atoms with Crippen molar-refractivity contribution in [2.75, 3.05) is 13.2 Å². The van der Waals surface area contributed by atoms with Crippen LogP contribution in [0.5, 0.6) is 0 Å². The summed E-state index contributed by atoms with van der Waals surface area (Å²) < 4.78 is 16.7. The predicted octanol–water partition coefficient (Wildman–Crippen LogP) is 17.8. The van der Waals surface area contributed by atoms with Crippen LogP contribution in [-0.4, -0.2) is 37.2 Å². The number of rotatable bonds is 48. The lowest BCUT2D eigenvalue weighted by Crippen LogP contribution is -2.30. The van der Waals surface area contributed by atoms with Gasteiger partial charge in [-0.25, -0.2) is 0 Å². The molecule has 0 bridgehead atoms. The zero-order chi connectivity index (χ0) is 46.5. The molecule has 0 aliphatic carbocycles. The molecule has 6 nitrogen and oxygen atoms in total. The number of carbonyl (C=O) groups is 3. The summed E-state index contributed by atoms with van der Waals surface area (Å²) in [6.07, 6.45) is 66.4. The summed E-state index contributed by atoms with van der Waals surface area (Å²) in [5, 5.41) is 0. The molecule has 0 heterocycles. The SMILES string of the molecule is CC/C=C\C/C=C\C/C=C\C/C=C\C/C=C\C/C=C\CCCCCCC(=O)OCC(COC(=O)CCCCCCC)OC(=O)CCCCCCCCCCCCCCCCCCCC. The Morgan fingerprint density at radius 1 is 0.328 bits per heavy atom. The lowest BCUT2D eigenvalue weighted by Gasteiger charge is -2.18. The molecule has 368 valence electrons. The van der Waals surface area contributed by atoms with Gasteiger partial charge in [-0.3, -0.25) is 14.4 Å². The minimum atomic E-state index is -0.780. The van der Waals surface area contributed by atoms with Crippen molar-refractivity contribution in [3.8, 4) is 0 Å². The van der Waals surface area contributed by atoms with Crippen LogP contribution in [0.3, 0.4) is 0 Å². The van der Waals surface area contributed by atoms with Gasteiger partial charge in [-0.2, -0.15) is 0 Å². The summed E-state index contributed by atoms with van der Waals surface area (Å²) in [7, 11) is 0. The van der Waals surface area contributed by atoms with Gasteiger partial charge in [0, 0.05) is 19.3 Å². The van der Waals surface area contributed by atoms with Crippen molar-refractivity contribution in [3.05, 3.63) is 72.9 Å². The molecule has 0 aliphatic heterocycles. The first-order chi connectivity index (χ1) is 31.5. The molecule has 1 unspecified atom stereocenters. The number of hydrogen-bond acceptors (Lipinski definition) is 6. The molecule has 0 aromatic rings. The third kappa shape index (κ3) is 49.9. The summed E-state index contributed by atoms with van der Waals surface area (Å²) in [5.41, 5.74) is 0. The maximum Gasteiger partial charge on any atom is 0.306 e. The fraction of sp³-hybridized carbons (Fsp3) is 0.741. The standard InChI is InChI=1S/C58H100O6/c1-4-7-10-13-15-17-19-21-23-25-27-28-29-30-31-33-34-36-38-40-42-45-48-51-57(60)63-54-55(53-62-56(59)50-47-44-12-9-6-3)64-58(61)52-49-46-43-41-39-37-35-32-26-24-22-20-18-16-14-11-8-5-2/h7,10,15,17,21,23,27-28,30-31,34,36,55H,4-6,8-9,11-14,16,18-20,22,24-26,29,32-33,35,37-54H2,1-3H3/b10-7-,17-15-,23-21-,28-27-,31-30-,36-34-. The molecular formula is C58H100O6. The Balaban J connectivity index is 4.19. The average Bonchev–Trinajstić information content (AvgIpc) is 3.29. The van der Waals surface area contributed by atoms with Crippen LogP contribution >= 0.6 is 0 Å². The quantitative estimate of drug-likeness (QED) is 0.0262. The minimum absolute atomic E-state index is 0.0828. The van der Waals surface area contributed by atoms with Crippen LogP contribution in [0.25, 0.3) is 0 Å². The molecule has 0 spiro atoms. The second-order valence-electron chi connectivity index (χ2n) is 17.8. The van der Waals surface area contributed by atoms with Crippen LogP contribution in [0.15, 0.2) is 72.9 Å². The van der Waals surface area contributed by atoms with Gasteiger partial charge in [0.2, 0.25) is 0 Å². The molecule has 64 heavy (non-hydrogen) atoms. The van der Waals surface area contributed by atoms with Gasteiger partial charge < -0.3 is 14.2 Å². The lowest BCUT2D eigenvalue weighted by atomic mass is 10.0. The van der Waals surface area contributed by atoms with Gasteiger partial charge in [0.25, 0.3) is 0 Å². The number of ether oxygens (including phenoxy) is 3. The van der Waals surface area contributed by atoms with Crippen molar-refractivity contribution in [3.63, 3.8) is 0 Å². The number of carbonyl (C=O) groups excluding carboxylic acids is 3. The van der Waals surface area contributed by atoms with Crippen molar-refractivity contribution in [2.24, 2.45) is 0 Å². The third-order valence-electron chi connectivity index (χ3n) is 11.5. The van der Waals surface area contributed by atoms with Crippen LogP contribution in [0.1, 0.15) is 258 Å². The van der Waals surface area contributed by atoms with Gasteiger partial charge in [0.1, 0.15) is 13.2 Å². The van der Waals surface area contributed by atoms with E-state index in [9.17, 15) is 14.4 Å². The Labute approximate surface area is 395 Å². The van der Waals surface area contributed by atoms with Crippen LogP contribution in [0.4, 0.5) is 0 Å². The first-order valence-electron chi connectivity index (χ1n) is 26.9. The van der Waals surface area contributed by atoms with Crippen molar-refractivity contribution in [1.29, 1.82) is 0 Å². The Bertz CT molecular complexity index is 1210. The van der Waals surface area contributed by atoms with Crippen molar-refractivity contribution >= 4 is 17.9 Å². The zero-order valence-corrected chi connectivity index (χ0v) is 42.0. The van der Waals surface area contributed by atoms with Crippen molar-refractivity contribution in [2.45, 2.75) is 264 Å². The zero-order valence-electron chi connectivity index (χ0n) is 42.0. The Morgan fingerprint density at radius 3 is 0.953 bits per heavy atom. The summed E-state index contributed by atoms with van der Waals surface area (Å²) in [6, 6.07) is 0. The van der Waals surface area contributed by atoms with E-state index >= 15 is 0 Å². The van der Waals surface area contributed by atoms with E-state index in [0.29, 0.717) is 19.3 Å². The van der Waals surface area contributed by atoms with E-state index in [1.54, 1.807) is 0 Å². The minimum Gasteiger partial charge on any atom is -0.462 e. The van der Waals surface area contributed by atoms with E-state index < -0.39 is 6.10 Å². The number of esters is 3. The number of allylic oxidation sites excluding steroid dienone is 12. The molecule has 1 atom stereocenters. The van der Waals surface area contributed by atoms with E-state index in [1.807, 2.05) is 0 Å². The molecular weight excluding hydrogens is 793 g/mol. The second-order valence-corrected chi connectivity index (χ2v) is 17.8. The first kappa shape index (κ1) is 60.9. The predicted molar refractivity (Wildman–Crippen MR) is 274 cm³/mol. The maximum atomic E-state index is 12.8. The average molecular weight is 893 g/mol. The smallest absolute Gasteiger partial charge is 0.306 e. The van der Waals surface area contributed by atoms with Gasteiger partial charge >= 0.3 is 17.9 Å². The summed E-state index contributed by atoms with van der Waals surface area (Å²) >= 11 is 0. The first-order valence-corrected chi connectivity index (χ1v) is 26.9. The molecule has 0 amide bonds. The molecule has 0 rings (SSSR count). The molecule has 0 aromatic carbocycles. The van der Waals surface area contributed by atoms with Crippen LogP contribution in [0.2, 0.25) is 0 Å². The highest BCUT2D eigenvalue weighted by Crippen LogP contribution is 2.16. The second kappa shape index (κ2) is 52.5. The Hall–Kier alpha value is -3.15. The number of unbranched alkanes of at least 4 members (excludes halogenated alkanes) is 25. The molecule has 0 fully saturated rings. The van der Waals surface area contributed by atoms with E-state index in [1.165, 1.54) is 103 Å². The van der Waals surface area contributed by atoms with Gasteiger partial charge in [-0.05, 0) is 70.6 Å². The fourth-order valence-electron chi connectivity index (χ4n) is 7.45. The van der Waals surface area contributed by atoms with Crippen LogP contribution in [-0.2, 0) is 28.6 Å². The van der Waals surface area contributed by atoms with Crippen LogP contribution < -0.4 is 0 Å². The van der Waals surface area contributed by atoms with Crippen molar-refractivity contribution in [1.82, 2.24) is 0 Å². The van der Waals surface area contributed by atoms with E-state index in [4.69, 9.17) is 14.2 Å². The van der Waals surface area contributed by atoms with Gasteiger partial charge in [0.15, 0.2) is 6.10 Å². The summed E-state index contributed by atoms with van der Waals surface area (Å²) in [6.45, 7) is 6.43. The van der Waals surface area contributed by atoms with Gasteiger partial charge in [0.05, 0.1) is 0 Å². The topological polar surface area (TPSA) is 78.9 Å². The van der Waals surface area contributed by atoms with Crippen molar-refractivity contribution < 1.29 is 28.6 Å². The molecule has 0 aromatic heterocycles. The van der Waals surface area contributed by atoms with Gasteiger partial charge in [-0.15, -0.1) is 0 Å². The van der Waals surface area contributed by atoms with Crippen LogP contribution in [0, 0.1) is 0 Å². The Morgan fingerprint density at radius 2 is 0.609 bits per heavy atom. The molecule has 6 heteroatoms.